The lowest BCUT2D eigenvalue weighted by Gasteiger charge is -2.15. The van der Waals surface area contributed by atoms with Gasteiger partial charge >= 0.3 is 0 Å². The molecule has 1 saturated carbocycles. The van der Waals surface area contributed by atoms with E-state index in [4.69, 9.17) is 0 Å². The van der Waals surface area contributed by atoms with E-state index in [1.165, 1.54) is 18.4 Å². The lowest BCUT2D eigenvalue weighted by atomic mass is 10.1. The maximum absolute atomic E-state index is 12.1. The Kier molecular flexibility index (Phi) is 4.97. The molecule has 1 aromatic rings. The first kappa shape index (κ1) is 14.1. The third kappa shape index (κ3) is 3.80. The van der Waals surface area contributed by atoms with E-state index in [9.17, 15) is 4.79 Å². The maximum Gasteiger partial charge on any atom is 0.227 e. The Morgan fingerprint density at radius 2 is 2.11 bits per heavy atom. The van der Waals surface area contributed by atoms with E-state index >= 15 is 0 Å². The average Bonchev–Trinajstić information content (AvgIpc) is 2.93. The molecule has 0 aliphatic heterocycles. The minimum Gasteiger partial charge on any atom is -0.326 e. The molecule has 1 aliphatic rings. The molecule has 1 aromatic carbocycles. The first-order chi connectivity index (χ1) is 9.20. The van der Waals surface area contributed by atoms with Gasteiger partial charge in [0, 0.05) is 17.6 Å². The van der Waals surface area contributed by atoms with Gasteiger partial charge in [-0.05, 0) is 44.0 Å². The summed E-state index contributed by atoms with van der Waals surface area (Å²) in [5.41, 5.74) is 2.13. The minimum atomic E-state index is 0.186. The third-order valence-electron chi connectivity index (χ3n) is 3.89. The van der Waals surface area contributed by atoms with Crippen molar-refractivity contribution in [3.63, 3.8) is 0 Å². The summed E-state index contributed by atoms with van der Waals surface area (Å²) in [7, 11) is 0. The SMILES string of the molecule is CCNC(C)c1cccc(NC(=O)C2CCCC2)c1. The molecular formula is C16H24N2O. The minimum absolute atomic E-state index is 0.186. The van der Waals surface area contributed by atoms with Crippen molar-refractivity contribution in [1.82, 2.24) is 5.32 Å². The Balaban J connectivity index is 2.00. The van der Waals surface area contributed by atoms with Crippen LogP contribution in [0.2, 0.25) is 0 Å². The fourth-order valence-electron chi connectivity index (χ4n) is 2.74. The van der Waals surface area contributed by atoms with Gasteiger partial charge in [0.1, 0.15) is 0 Å². The molecule has 1 fully saturated rings. The van der Waals surface area contributed by atoms with Gasteiger partial charge in [-0.1, -0.05) is 31.9 Å². The predicted molar refractivity (Wildman–Crippen MR) is 79.1 cm³/mol. The van der Waals surface area contributed by atoms with E-state index in [-0.39, 0.29) is 11.8 Å². The molecule has 0 radical (unpaired) electrons. The molecule has 0 aromatic heterocycles. The standard InChI is InChI=1S/C16H24N2O/c1-3-17-12(2)14-9-6-10-15(11-14)18-16(19)13-7-4-5-8-13/h6,9-13,17H,3-5,7-8H2,1-2H3,(H,18,19). The lowest BCUT2D eigenvalue weighted by Crippen LogP contribution is -2.21. The van der Waals surface area contributed by atoms with E-state index in [0.29, 0.717) is 6.04 Å². The highest BCUT2D eigenvalue weighted by atomic mass is 16.1. The number of hydrogen-bond donors (Lipinski definition) is 2. The van der Waals surface area contributed by atoms with Gasteiger partial charge in [-0.25, -0.2) is 0 Å². The van der Waals surface area contributed by atoms with Crippen LogP contribution in [0.25, 0.3) is 0 Å². The third-order valence-corrected chi connectivity index (χ3v) is 3.89. The number of carbonyl (C=O) groups is 1. The Bertz CT molecular complexity index is 425. The first-order valence-corrected chi connectivity index (χ1v) is 7.35. The van der Waals surface area contributed by atoms with Gasteiger partial charge in [-0.2, -0.15) is 0 Å². The zero-order valence-electron chi connectivity index (χ0n) is 11.9. The van der Waals surface area contributed by atoms with Crippen molar-refractivity contribution in [2.45, 2.75) is 45.6 Å². The van der Waals surface area contributed by atoms with Gasteiger partial charge in [-0.3, -0.25) is 4.79 Å². The fraction of sp³-hybridized carbons (Fsp3) is 0.562. The Hall–Kier alpha value is -1.35. The zero-order valence-corrected chi connectivity index (χ0v) is 11.9. The summed E-state index contributed by atoms with van der Waals surface area (Å²) in [4.78, 5) is 12.1. The molecule has 1 aliphatic carbocycles. The van der Waals surface area contributed by atoms with Crippen molar-refractivity contribution in [3.05, 3.63) is 29.8 Å². The topological polar surface area (TPSA) is 41.1 Å². The number of benzene rings is 1. The molecule has 0 spiro atoms. The first-order valence-electron chi connectivity index (χ1n) is 7.35. The van der Waals surface area contributed by atoms with Crippen LogP contribution >= 0.6 is 0 Å². The molecule has 3 nitrogen and oxygen atoms in total. The normalized spacial score (nSPS) is 17.4. The van der Waals surface area contributed by atoms with Gasteiger partial charge in [-0.15, -0.1) is 0 Å². The second kappa shape index (κ2) is 6.71. The number of hydrogen-bond acceptors (Lipinski definition) is 2. The molecule has 0 saturated heterocycles. The second-order valence-corrected chi connectivity index (χ2v) is 5.38. The Labute approximate surface area is 115 Å². The number of nitrogens with one attached hydrogen (secondary N) is 2. The van der Waals surface area contributed by atoms with Crippen molar-refractivity contribution in [1.29, 1.82) is 0 Å². The van der Waals surface area contributed by atoms with Crippen LogP contribution in [0.4, 0.5) is 5.69 Å². The van der Waals surface area contributed by atoms with Gasteiger partial charge < -0.3 is 10.6 Å². The maximum atomic E-state index is 12.1. The molecule has 104 valence electrons. The number of rotatable bonds is 5. The molecule has 1 atom stereocenters. The van der Waals surface area contributed by atoms with Crippen LogP contribution < -0.4 is 10.6 Å². The molecule has 1 unspecified atom stereocenters. The van der Waals surface area contributed by atoms with Crippen LogP contribution in [0.15, 0.2) is 24.3 Å². The number of anilines is 1. The van der Waals surface area contributed by atoms with Crippen LogP contribution in [0.3, 0.4) is 0 Å². The van der Waals surface area contributed by atoms with Crippen molar-refractivity contribution in [2.24, 2.45) is 5.92 Å². The number of carbonyl (C=O) groups excluding carboxylic acids is 1. The monoisotopic (exact) mass is 260 g/mol. The Morgan fingerprint density at radius 1 is 1.37 bits per heavy atom. The van der Waals surface area contributed by atoms with Crippen LogP contribution in [-0.2, 0) is 4.79 Å². The average molecular weight is 260 g/mol. The largest absolute Gasteiger partial charge is 0.326 e. The van der Waals surface area contributed by atoms with E-state index in [1.54, 1.807) is 0 Å². The molecule has 19 heavy (non-hydrogen) atoms. The highest BCUT2D eigenvalue weighted by molar-refractivity contribution is 5.92. The van der Waals surface area contributed by atoms with E-state index in [1.807, 2.05) is 12.1 Å². The summed E-state index contributed by atoms with van der Waals surface area (Å²) in [5.74, 6) is 0.403. The second-order valence-electron chi connectivity index (χ2n) is 5.38. The van der Waals surface area contributed by atoms with Crippen LogP contribution in [0.1, 0.15) is 51.1 Å². The number of amides is 1. The zero-order chi connectivity index (χ0) is 13.7. The van der Waals surface area contributed by atoms with Gasteiger partial charge in [0.2, 0.25) is 5.91 Å². The van der Waals surface area contributed by atoms with Gasteiger partial charge in [0.25, 0.3) is 0 Å². The summed E-state index contributed by atoms with van der Waals surface area (Å²) < 4.78 is 0. The van der Waals surface area contributed by atoms with Crippen molar-refractivity contribution in [2.75, 3.05) is 11.9 Å². The van der Waals surface area contributed by atoms with E-state index < -0.39 is 0 Å². The Morgan fingerprint density at radius 3 is 2.79 bits per heavy atom. The molecule has 1 amide bonds. The smallest absolute Gasteiger partial charge is 0.227 e. The summed E-state index contributed by atoms with van der Waals surface area (Å²) in [6, 6.07) is 8.45. The summed E-state index contributed by atoms with van der Waals surface area (Å²) in [6.07, 6.45) is 4.46. The summed E-state index contributed by atoms with van der Waals surface area (Å²) in [5, 5.41) is 6.44. The highest BCUT2D eigenvalue weighted by Crippen LogP contribution is 2.26. The molecular weight excluding hydrogens is 236 g/mol. The van der Waals surface area contributed by atoms with E-state index in [0.717, 1.165) is 25.1 Å². The molecule has 2 rings (SSSR count). The highest BCUT2D eigenvalue weighted by Gasteiger charge is 2.22. The van der Waals surface area contributed by atoms with Crippen LogP contribution in [0, 0.1) is 5.92 Å². The molecule has 2 N–H and O–H groups in total. The van der Waals surface area contributed by atoms with Gasteiger partial charge in [0.15, 0.2) is 0 Å². The van der Waals surface area contributed by atoms with Gasteiger partial charge in [0.05, 0.1) is 0 Å². The van der Waals surface area contributed by atoms with E-state index in [2.05, 4.69) is 36.6 Å². The lowest BCUT2D eigenvalue weighted by molar-refractivity contribution is -0.119. The van der Waals surface area contributed by atoms with Crippen LogP contribution in [0.5, 0.6) is 0 Å². The van der Waals surface area contributed by atoms with Crippen molar-refractivity contribution < 1.29 is 4.79 Å². The summed E-state index contributed by atoms with van der Waals surface area (Å²) in [6.45, 7) is 5.18. The summed E-state index contributed by atoms with van der Waals surface area (Å²) >= 11 is 0. The quantitative estimate of drug-likeness (QED) is 0.851. The molecule has 0 bridgehead atoms. The predicted octanol–water partition coefficient (Wildman–Crippen LogP) is 3.49. The molecule has 0 heterocycles. The fourth-order valence-corrected chi connectivity index (χ4v) is 2.74. The van der Waals surface area contributed by atoms with Crippen molar-refractivity contribution >= 4 is 11.6 Å². The van der Waals surface area contributed by atoms with Crippen molar-refractivity contribution in [3.8, 4) is 0 Å². The molecule has 3 heteroatoms. The van der Waals surface area contributed by atoms with Crippen LogP contribution in [-0.4, -0.2) is 12.5 Å².